The molecule has 0 unspecified atom stereocenters. The van der Waals surface area contributed by atoms with Crippen molar-refractivity contribution in [2.24, 2.45) is 7.05 Å². The van der Waals surface area contributed by atoms with Crippen LogP contribution in [-0.4, -0.2) is 32.4 Å². The van der Waals surface area contributed by atoms with Crippen LogP contribution in [0.15, 0.2) is 36.8 Å². The summed E-state index contributed by atoms with van der Waals surface area (Å²) in [5.41, 5.74) is 5.90. The number of carbonyl (C=O) groups is 1. The third-order valence-corrected chi connectivity index (χ3v) is 4.55. The minimum atomic E-state index is -0.140. The van der Waals surface area contributed by atoms with Gasteiger partial charge in [-0.15, -0.1) is 0 Å². The van der Waals surface area contributed by atoms with Crippen LogP contribution in [0.4, 0.5) is 0 Å². The van der Waals surface area contributed by atoms with E-state index in [0.717, 1.165) is 25.1 Å². The first-order valence-corrected chi connectivity index (χ1v) is 8.33. The zero-order chi connectivity index (χ0) is 17.2. The largest absolute Gasteiger partial charge is 0.348 e. The lowest BCUT2D eigenvalue weighted by molar-refractivity contribution is 0.0951. The molecule has 0 fully saturated rings. The number of hydrogen-bond donors (Lipinski definition) is 3. The van der Waals surface area contributed by atoms with Crippen LogP contribution >= 0.6 is 0 Å². The van der Waals surface area contributed by atoms with E-state index in [2.05, 4.69) is 38.1 Å². The molecule has 3 heterocycles. The Bertz CT molecular complexity index is 910. The Balaban J connectivity index is 1.52. The molecule has 1 aliphatic heterocycles. The second kappa shape index (κ2) is 6.52. The van der Waals surface area contributed by atoms with Crippen LogP contribution in [0.5, 0.6) is 0 Å². The van der Waals surface area contributed by atoms with Gasteiger partial charge in [0.05, 0.1) is 23.7 Å². The summed E-state index contributed by atoms with van der Waals surface area (Å²) in [7, 11) is 1.84. The maximum atomic E-state index is 12.6. The Kier molecular flexibility index (Phi) is 4.07. The van der Waals surface area contributed by atoms with E-state index in [4.69, 9.17) is 0 Å². The molecule has 7 nitrogen and oxygen atoms in total. The van der Waals surface area contributed by atoms with Crippen molar-refractivity contribution in [1.82, 2.24) is 30.6 Å². The van der Waals surface area contributed by atoms with E-state index in [1.165, 1.54) is 16.7 Å². The zero-order valence-electron chi connectivity index (χ0n) is 14.0. The third-order valence-electron chi connectivity index (χ3n) is 4.55. The van der Waals surface area contributed by atoms with Crippen molar-refractivity contribution in [1.29, 1.82) is 0 Å². The van der Waals surface area contributed by atoms with Crippen LogP contribution in [0.2, 0.25) is 0 Å². The predicted octanol–water partition coefficient (Wildman–Crippen LogP) is 1.39. The Morgan fingerprint density at radius 2 is 2.28 bits per heavy atom. The second-order valence-corrected chi connectivity index (χ2v) is 6.23. The Morgan fingerprint density at radius 1 is 1.36 bits per heavy atom. The highest BCUT2D eigenvalue weighted by atomic mass is 16.1. The van der Waals surface area contributed by atoms with Crippen molar-refractivity contribution < 1.29 is 4.79 Å². The predicted molar refractivity (Wildman–Crippen MR) is 93.8 cm³/mol. The molecule has 0 saturated carbocycles. The summed E-state index contributed by atoms with van der Waals surface area (Å²) in [4.78, 5) is 12.6. The van der Waals surface area contributed by atoms with Crippen molar-refractivity contribution in [3.8, 4) is 11.3 Å². The van der Waals surface area contributed by atoms with E-state index in [9.17, 15) is 4.79 Å². The van der Waals surface area contributed by atoms with Crippen LogP contribution in [0.3, 0.4) is 0 Å². The molecule has 0 saturated heterocycles. The minimum Gasteiger partial charge on any atom is -0.348 e. The number of H-pyrrole nitrogens is 1. The lowest BCUT2D eigenvalue weighted by Gasteiger charge is -2.20. The Morgan fingerprint density at radius 3 is 3.12 bits per heavy atom. The molecule has 2 aromatic heterocycles. The van der Waals surface area contributed by atoms with Gasteiger partial charge >= 0.3 is 0 Å². The number of rotatable bonds is 4. The number of aromatic amines is 1. The van der Waals surface area contributed by atoms with Crippen LogP contribution < -0.4 is 10.6 Å². The number of aromatic nitrogens is 4. The van der Waals surface area contributed by atoms with E-state index in [0.29, 0.717) is 17.8 Å². The fraction of sp³-hybridized carbons (Fsp3) is 0.278. The topological polar surface area (TPSA) is 87.6 Å². The van der Waals surface area contributed by atoms with Crippen molar-refractivity contribution in [2.45, 2.75) is 19.5 Å². The zero-order valence-corrected chi connectivity index (χ0v) is 14.0. The number of amides is 1. The van der Waals surface area contributed by atoms with Crippen LogP contribution in [0.1, 0.15) is 27.0 Å². The van der Waals surface area contributed by atoms with Crippen LogP contribution in [0, 0.1) is 0 Å². The first-order chi connectivity index (χ1) is 12.2. The number of nitrogens with zero attached hydrogens (tertiary/aromatic N) is 3. The SMILES string of the molecule is Cn1cc(-c2[nH]ncc2C(=O)NCc2cccc3c2CCNC3)cn1. The number of benzene rings is 1. The van der Waals surface area contributed by atoms with Gasteiger partial charge in [-0.25, -0.2) is 0 Å². The van der Waals surface area contributed by atoms with E-state index in [-0.39, 0.29) is 5.91 Å². The molecule has 0 spiro atoms. The van der Waals surface area contributed by atoms with Gasteiger partial charge in [-0.2, -0.15) is 10.2 Å². The Labute approximate surface area is 145 Å². The molecule has 1 aromatic carbocycles. The van der Waals surface area contributed by atoms with Gasteiger partial charge in [-0.3, -0.25) is 14.6 Å². The molecule has 4 rings (SSSR count). The number of fused-ring (bicyclic) bond motifs is 1. The third kappa shape index (κ3) is 3.06. The molecule has 1 amide bonds. The van der Waals surface area contributed by atoms with Gasteiger partial charge in [0.15, 0.2) is 0 Å². The molecule has 128 valence electrons. The lowest BCUT2D eigenvalue weighted by atomic mass is 9.95. The summed E-state index contributed by atoms with van der Waals surface area (Å²) in [6.45, 7) is 2.38. The molecule has 3 aromatic rings. The van der Waals surface area contributed by atoms with Gasteiger partial charge in [0.2, 0.25) is 0 Å². The lowest BCUT2D eigenvalue weighted by Crippen LogP contribution is -2.27. The molecule has 7 heteroatoms. The van der Waals surface area contributed by atoms with Gasteiger partial charge in [-0.1, -0.05) is 18.2 Å². The first kappa shape index (κ1) is 15.6. The van der Waals surface area contributed by atoms with Crippen molar-refractivity contribution in [3.05, 3.63) is 59.0 Å². The first-order valence-electron chi connectivity index (χ1n) is 8.33. The van der Waals surface area contributed by atoms with Crippen molar-refractivity contribution in [3.63, 3.8) is 0 Å². The number of hydrogen-bond acceptors (Lipinski definition) is 4. The highest BCUT2D eigenvalue weighted by molar-refractivity contribution is 5.99. The van der Waals surface area contributed by atoms with Crippen molar-refractivity contribution in [2.75, 3.05) is 6.54 Å². The Hall–Kier alpha value is -2.93. The summed E-state index contributed by atoms with van der Waals surface area (Å²) in [5, 5.41) is 17.5. The average Bonchev–Trinajstić information content (AvgIpc) is 3.28. The monoisotopic (exact) mass is 336 g/mol. The normalized spacial score (nSPS) is 13.5. The fourth-order valence-electron chi connectivity index (χ4n) is 3.28. The number of carbonyl (C=O) groups excluding carboxylic acids is 1. The molecule has 25 heavy (non-hydrogen) atoms. The van der Waals surface area contributed by atoms with E-state index in [1.54, 1.807) is 17.1 Å². The summed E-state index contributed by atoms with van der Waals surface area (Å²) in [6.07, 6.45) is 6.12. The van der Waals surface area contributed by atoms with E-state index >= 15 is 0 Å². The number of nitrogens with one attached hydrogen (secondary N) is 3. The fourth-order valence-corrected chi connectivity index (χ4v) is 3.28. The quantitative estimate of drug-likeness (QED) is 0.672. The molecule has 0 atom stereocenters. The molecule has 0 bridgehead atoms. The smallest absolute Gasteiger partial charge is 0.255 e. The summed E-state index contributed by atoms with van der Waals surface area (Å²) in [6, 6.07) is 6.28. The van der Waals surface area contributed by atoms with Gasteiger partial charge in [0, 0.05) is 31.9 Å². The summed E-state index contributed by atoms with van der Waals surface area (Å²) >= 11 is 0. The molecule has 0 radical (unpaired) electrons. The molecular formula is C18H20N6O. The summed E-state index contributed by atoms with van der Waals surface area (Å²) in [5.74, 6) is -0.140. The van der Waals surface area contributed by atoms with Crippen LogP contribution in [-0.2, 0) is 26.6 Å². The van der Waals surface area contributed by atoms with Gasteiger partial charge in [0.25, 0.3) is 5.91 Å². The van der Waals surface area contributed by atoms with Crippen LogP contribution in [0.25, 0.3) is 11.3 Å². The maximum absolute atomic E-state index is 12.6. The highest BCUT2D eigenvalue weighted by Crippen LogP contribution is 2.21. The molecular weight excluding hydrogens is 316 g/mol. The van der Waals surface area contributed by atoms with Gasteiger partial charge in [-0.05, 0) is 29.7 Å². The van der Waals surface area contributed by atoms with E-state index in [1.807, 2.05) is 19.3 Å². The number of aryl methyl sites for hydroxylation is 1. The molecule has 1 aliphatic rings. The highest BCUT2D eigenvalue weighted by Gasteiger charge is 2.17. The summed E-state index contributed by atoms with van der Waals surface area (Å²) < 4.78 is 1.70. The standard InChI is InChI=1S/C18H20N6O/c1-24-11-14(9-22-24)17-16(10-21-23-17)18(25)20-8-13-4-2-3-12-7-19-6-5-15(12)13/h2-4,9-11,19H,5-8H2,1H3,(H,20,25)(H,21,23). The van der Waals surface area contributed by atoms with Crippen molar-refractivity contribution >= 4 is 5.91 Å². The van der Waals surface area contributed by atoms with Gasteiger partial charge < -0.3 is 10.6 Å². The van der Waals surface area contributed by atoms with Gasteiger partial charge in [0.1, 0.15) is 0 Å². The molecule has 3 N–H and O–H groups in total. The maximum Gasteiger partial charge on any atom is 0.255 e. The average molecular weight is 336 g/mol. The second-order valence-electron chi connectivity index (χ2n) is 6.23. The van der Waals surface area contributed by atoms with E-state index < -0.39 is 0 Å². The molecule has 0 aliphatic carbocycles. The minimum absolute atomic E-state index is 0.140.